The molecule has 7 heteroatoms. The van der Waals surface area contributed by atoms with E-state index in [1.165, 1.54) is 0 Å². The van der Waals surface area contributed by atoms with Crippen LogP contribution in [0, 0.1) is 21.7 Å². The second kappa shape index (κ2) is 4.72. The number of nitro groups is 1. The zero-order chi connectivity index (χ0) is 12.4. The maximum absolute atomic E-state index is 13.8. The van der Waals surface area contributed by atoms with Gasteiger partial charge in [0.1, 0.15) is 5.82 Å². The summed E-state index contributed by atoms with van der Waals surface area (Å²) in [6.07, 6.45) is 0. The quantitative estimate of drug-likeness (QED) is 0.633. The molecule has 2 rings (SSSR count). The monoisotopic (exact) mass is 244 g/mol. The molecule has 0 amide bonds. The van der Waals surface area contributed by atoms with Gasteiger partial charge in [0, 0.05) is 18.2 Å². The lowest BCUT2D eigenvalue weighted by Crippen LogP contribution is -2.35. The molecule has 5 nitrogen and oxygen atoms in total. The zero-order valence-corrected chi connectivity index (χ0v) is 8.78. The maximum Gasteiger partial charge on any atom is 0.305 e. The summed E-state index contributed by atoms with van der Waals surface area (Å²) in [5, 5.41) is 13.4. The van der Waals surface area contributed by atoms with E-state index < -0.39 is 28.3 Å². The van der Waals surface area contributed by atoms with Crippen LogP contribution >= 0.6 is 0 Å². The molecule has 17 heavy (non-hydrogen) atoms. The first-order valence-electron chi connectivity index (χ1n) is 5.04. The standard InChI is InChI=1S/C10H10F2N2O3/c11-6-1-2-8(14(15)16)10(12)9(6)7-5-17-4-3-13-7/h1-2,7,13H,3-5H2. The summed E-state index contributed by atoms with van der Waals surface area (Å²) >= 11 is 0. The molecule has 0 saturated carbocycles. The number of nitrogens with one attached hydrogen (secondary N) is 1. The molecule has 1 unspecified atom stereocenters. The molecule has 0 aliphatic carbocycles. The minimum atomic E-state index is -1.14. The molecule has 1 atom stereocenters. The fourth-order valence-electron chi connectivity index (χ4n) is 1.77. The van der Waals surface area contributed by atoms with Gasteiger partial charge in [-0.3, -0.25) is 10.1 Å². The van der Waals surface area contributed by atoms with Crippen molar-refractivity contribution in [3.05, 3.63) is 39.4 Å². The van der Waals surface area contributed by atoms with Crippen LogP contribution in [-0.2, 0) is 4.74 Å². The van der Waals surface area contributed by atoms with Crippen molar-refractivity contribution >= 4 is 5.69 Å². The fraction of sp³-hybridized carbons (Fsp3) is 0.400. The molecule has 1 N–H and O–H groups in total. The second-order valence-electron chi connectivity index (χ2n) is 3.63. The number of rotatable bonds is 2. The van der Waals surface area contributed by atoms with Crippen LogP contribution in [0.15, 0.2) is 12.1 Å². The lowest BCUT2D eigenvalue weighted by molar-refractivity contribution is -0.387. The Morgan fingerprint density at radius 3 is 2.82 bits per heavy atom. The molecule has 1 heterocycles. The number of hydrogen-bond acceptors (Lipinski definition) is 4. The first-order valence-corrected chi connectivity index (χ1v) is 5.04. The number of morpholine rings is 1. The molecule has 1 aliphatic rings. The lowest BCUT2D eigenvalue weighted by atomic mass is 10.0. The maximum atomic E-state index is 13.8. The van der Waals surface area contributed by atoms with Crippen LogP contribution in [0.5, 0.6) is 0 Å². The molecular formula is C10H10F2N2O3. The predicted octanol–water partition coefficient (Wildman–Crippen LogP) is 1.53. The Balaban J connectivity index is 2.43. The van der Waals surface area contributed by atoms with Gasteiger partial charge in [-0.05, 0) is 6.07 Å². The molecular weight excluding hydrogens is 234 g/mol. The van der Waals surface area contributed by atoms with E-state index in [-0.39, 0.29) is 12.2 Å². The summed E-state index contributed by atoms with van der Waals surface area (Å²) in [6.45, 7) is 0.996. The first-order chi connectivity index (χ1) is 8.11. The third-order valence-corrected chi connectivity index (χ3v) is 2.57. The molecule has 1 fully saturated rings. The minimum absolute atomic E-state index is 0.0923. The number of hydrogen-bond donors (Lipinski definition) is 1. The number of nitrogens with zero attached hydrogens (tertiary/aromatic N) is 1. The molecule has 1 aliphatic heterocycles. The van der Waals surface area contributed by atoms with Crippen molar-refractivity contribution in [2.24, 2.45) is 0 Å². The Labute approximate surface area is 95.5 Å². The largest absolute Gasteiger partial charge is 0.378 e. The third-order valence-electron chi connectivity index (χ3n) is 2.57. The van der Waals surface area contributed by atoms with Crippen molar-refractivity contribution in [1.29, 1.82) is 0 Å². The van der Waals surface area contributed by atoms with Crippen LogP contribution in [0.25, 0.3) is 0 Å². The summed E-state index contributed by atoms with van der Waals surface area (Å²) < 4.78 is 32.4. The van der Waals surface area contributed by atoms with E-state index in [0.717, 1.165) is 12.1 Å². The smallest absolute Gasteiger partial charge is 0.305 e. The van der Waals surface area contributed by atoms with E-state index >= 15 is 0 Å². The predicted molar refractivity (Wildman–Crippen MR) is 54.6 cm³/mol. The summed E-state index contributed by atoms with van der Waals surface area (Å²) in [5.41, 5.74) is -1.06. The van der Waals surface area contributed by atoms with Crippen LogP contribution in [0.2, 0.25) is 0 Å². The van der Waals surface area contributed by atoms with Gasteiger partial charge in [-0.25, -0.2) is 4.39 Å². The van der Waals surface area contributed by atoms with Gasteiger partial charge in [0.15, 0.2) is 0 Å². The second-order valence-corrected chi connectivity index (χ2v) is 3.63. The Kier molecular flexibility index (Phi) is 3.30. The van der Waals surface area contributed by atoms with E-state index in [4.69, 9.17) is 4.74 Å². The molecule has 1 aromatic rings. The molecule has 0 radical (unpaired) electrons. The Hall–Kier alpha value is -1.60. The highest BCUT2D eigenvalue weighted by Gasteiger charge is 2.28. The molecule has 1 saturated heterocycles. The van der Waals surface area contributed by atoms with Crippen LogP contribution in [0.1, 0.15) is 11.6 Å². The molecule has 0 spiro atoms. The van der Waals surface area contributed by atoms with Gasteiger partial charge < -0.3 is 10.1 Å². The topological polar surface area (TPSA) is 64.4 Å². The average Bonchev–Trinajstić information content (AvgIpc) is 2.30. The van der Waals surface area contributed by atoms with Crippen molar-refractivity contribution in [3.8, 4) is 0 Å². The molecule has 0 bridgehead atoms. The Morgan fingerprint density at radius 1 is 1.47 bits per heavy atom. The van der Waals surface area contributed by atoms with Gasteiger partial charge >= 0.3 is 5.69 Å². The lowest BCUT2D eigenvalue weighted by Gasteiger charge is -2.24. The number of benzene rings is 1. The third kappa shape index (κ3) is 2.25. The van der Waals surface area contributed by atoms with E-state index in [1.54, 1.807) is 0 Å². The molecule has 92 valence electrons. The van der Waals surface area contributed by atoms with Crippen molar-refractivity contribution in [2.45, 2.75) is 6.04 Å². The van der Waals surface area contributed by atoms with E-state index in [0.29, 0.717) is 13.2 Å². The van der Waals surface area contributed by atoms with Crippen LogP contribution < -0.4 is 5.32 Å². The normalized spacial score (nSPS) is 20.2. The molecule has 1 aromatic carbocycles. The van der Waals surface area contributed by atoms with Crippen molar-refractivity contribution < 1.29 is 18.4 Å². The first kappa shape index (κ1) is 11.9. The summed E-state index contributed by atoms with van der Waals surface area (Å²) in [7, 11) is 0. The van der Waals surface area contributed by atoms with E-state index in [1.807, 2.05) is 0 Å². The SMILES string of the molecule is O=[N+]([O-])c1ccc(F)c(C2COCCN2)c1F. The highest BCUT2D eigenvalue weighted by Crippen LogP contribution is 2.28. The van der Waals surface area contributed by atoms with Crippen molar-refractivity contribution in [1.82, 2.24) is 5.32 Å². The molecule has 0 aromatic heterocycles. The Morgan fingerprint density at radius 2 is 2.24 bits per heavy atom. The van der Waals surface area contributed by atoms with Gasteiger partial charge in [0.05, 0.1) is 24.2 Å². The highest BCUT2D eigenvalue weighted by molar-refractivity contribution is 5.39. The zero-order valence-electron chi connectivity index (χ0n) is 8.78. The van der Waals surface area contributed by atoms with Crippen LogP contribution in [0.4, 0.5) is 14.5 Å². The number of nitro benzene ring substituents is 1. The van der Waals surface area contributed by atoms with Gasteiger partial charge in [-0.2, -0.15) is 4.39 Å². The Bertz CT molecular complexity index is 447. The number of ether oxygens (including phenoxy) is 1. The summed E-state index contributed by atoms with van der Waals surface area (Å²) in [5.74, 6) is -1.95. The van der Waals surface area contributed by atoms with Crippen molar-refractivity contribution in [3.63, 3.8) is 0 Å². The van der Waals surface area contributed by atoms with E-state index in [9.17, 15) is 18.9 Å². The fourth-order valence-corrected chi connectivity index (χ4v) is 1.77. The van der Waals surface area contributed by atoms with E-state index in [2.05, 4.69) is 5.32 Å². The van der Waals surface area contributed by atoms with Gasteiger partial charge in [-0.15, -0.1) is 0 Å². The van der Waals surface area contributed by atoms with Gasteiger partial charge in [-0.1, -0.05) is 0 Å². The highest BCUT2D eigenvalue weighted by atomic mass is 19.1. The average molecular weight is 244 g/mol. The van der Waals surface area contributed by atoms with Crippen molar-refractivity contribution in [2.75, 3.05) is 19.8 Å². The summed E-state index contributed by atoms with van der Waals surface area (Å²) in [6, 6.07) is 1.02. The minimum Gasteiger partial charge on any atom is -0.378 e. The van der Waals surface area contributed by atoms with Gasteiger partial charge in [0.25, 0.3) is 0 Å². The van der Waals surface area contributed by atoms with Gasteiger partial charge in [0.2, 0.25) is 5.82 Å². The number of halogens is 2. The summed E-state index contributed by atoms with van der Waals surface area (Å²) in [4.78, 5) is 9.69. The van der Waals surface area contributed by atoms with Crippen LogP contribution in [0.3, 0.4) is 0 Å². The van der Waals surface area contributed by atoms with Crippen LogP contribution in [-0.4, -0.2) is 24.7 Å².